The third kappa shape index (κ3) is 5.39. The lowest BCUT2D eigenvalue weighted by molar-refractivity contribution is -0.110. The molecule has 10 heteroatoms. The van der Waals surface area contributed by atoms with Crippen molar-refractivity contribution in [1.82, 2.24) is 20.2 Å². The summed E-state index contributed by atoms with van der Waals surface area (Å²) in [5.74, 6) is 0.555. The Labute approximate surface area is 247 Å². The Morgan fingerprint density at radius 3 is 2.44 bits per heavy atom. The highest BCUT2D eigenvalue weighted by molar-refractivity contribution is 6.35. The lowest BCUT2D eigenvalue weighted by Gasteiger charge is -2.12. The Bertz CT molecular complexity index is 1960. The van der Waals surface area contributed by atoms with E-state index in [1.165, 1.54) is 7.11 Å². The summed E-state index contributed by atoms with van der Waals surface area (Å²) in [7, 11) is 1.32. The standard InChI is InChI=1S/C33H27N7O3/c1-33(2,34-3)22-9-5-7-19(13-22)29-38-30(40-39-29)20-8-6-10-23(14-20)36-24-11-12-26-27(31(41)37-28(26)17-24)16-25-15-21(18-35-25)32(42)43-4/h5-18,35-36H,1-2,4H3,(H,37,41)(H,38,39,40). The Morgan fingerprint density at radius 2 is 1.70 bits per heavy atom. The van der Waals surface area contributed by atoms with Crippen LogP contribution in [0.3, 0.4) is 0 Å². The topological polar surface area (TPSA) is 129 Å². The predicted molar refractivity (Wildman–Crippen MR) is 165 cm³/mol. The number of methoxy groups -OCH3 is 1. The van der Waals surface area contributed by atoms with E-state index in [0.29, 0.717) is 34.2 Å². The van der Waals surface area contributed by atoms with Gasteiger partial charge in [0.25, 0.3) is 11.4 Å². The summed E-state index contributed by atoms with van der Waals surface area (Å²) in [6.07, 6.45) is 3.25. The smallest absolute Gasteiger partial charge is 0.339 e. The number of H-pyrrole nitrogens is 2. The van der Waals surface area contributed by atoms with E-state index in [1.807, 2.05) is 80.6 Å². The minimum absolute atomic E-state index is 0.229. The lowest BCUT2D eigenvalue weighted by atomic mass is 9.94. The van der Waals surface area contributed by atoms with E-state index >= 15 is 0 Å². The summed E-state index contributed by atoms with van der Waals surface area (Å²) < 4.78 is 4.75. The van der Waals surface area contributed by atoms with Crippen LogP contribution >= 0.6 is 0 Å². The number of ether oxygens (including phenoxy) is 1. The van der Waals surface area contributed by atoms with E-state index in [9.17, 15) is 9.59 Å². The molecule has 1 aliphatic heterocycles. The summed E-state index contributed by atoms with van der Waals surface area (Å²) >= 11 is 0. The van der Waals surface area contributed by atoms with Crippen LogP contribution in [0.1, 0.15) is 41.0 Å². The van der Waals surface area contributed by atoms with Crippen LogP contribution in [0.5, 0.6) is 0 Å². The van der Waals surface area contributed by atoms with Crippen molar-refractivity contribution in [2.45, 2.75) is 19.4 Å². The first-order valence-electron chi connectivity index (χ1n) is 13.5. The van der Waals surface area contributed by atoms with Crippen LogP contribution in [0.2, 0.25) is 0 Å². The fraction of sp³-hybridized carbons (Fsp3) is 0.121. The van der Waals surface area contributed by atoms with E-state index in [0.717, 1.165) is 33.6 Å². The third-order valence-corrected chi connectivity index (χ3v) is 7.26. The van der Waals surface area contributed by atoms with Crippen molar-refractivity contribution in [2.24, 2.45) is 0 Å². The van der Waals surface area contributed by atoms with Gasteiger partial charge in [-0.05, 0) is 42.5 Å². The van der Waals surface area contributed by atoms with Gasteiger partial charge in [0.1, 0.15) is 0 Å². The highest BCUT2D eigenvalue weighted by atomic mass is 16.5. The Balaban J connectivity index is 1.21. The van der Waals surface area contributed by atoms with Gasteiger partial charge in [-0.1, -0.05) is 36.4 Å². The molecule has 2 aromatic heterocycles. The summed E-state index contributed by atoms with van der Waals surface area (Å²) in [4.78, 5) is 34.5. The molecule has 0 radical (unpaired) electrons. The van der Waals surface area contributed by atoms with Crippen molar-refractivity contribution < 1.29 is 14.3 Å². The molecule has 4 N–H and O–H groups in total. The number of carbonyl (C=O) groups excluding carboxylic acids is 2. The normalized spacial score (nSPS) is 13.3. The second kappa shape index (κ2) is 10.8. The second-order valence-electron chi connectivity index (χ2n) is 10.6. The molecule has 5 aromatic rings. The number of benzene rings is 3. The second-order valence-corrected chi connectivity index (χ2v) is 10.6. The molecule has 1 amide bonds. The van der Waals surface area contributed by atoms with Gasteiger partial charge >= 0.3 is 5.97 Å². The fourth-order valence-electron chi connectivity index (χ4n) is 4.85. The number of aromatic amines is 2. The molecule has 0 aliphatic carbocycles. The third-order valence-electron chi connectivity index (χ3n) is 7.26. The van der Waals surface area contributed by atoms with Crippen LogP contribution in [0.25, 0.3) is 39.3 Å². The number of nitrogens with one attached hydrogen (secondary N) is 4. The number of fused-ring (bicyclic) bond motifs is 1. The number of hydrogen-bond acceptors (Lipinski definition) is 6. The zero-order valence-electron chi connectivity index (χ0n) is 23.6. The number of nitrogens with zero attached hydrogens (tertiary/aromatic N) is 3. The highest BCUT2D eigenvalue weighted by Gasteiger charge is 2.27. The summed E-state index contributed by atoms with van der Waals surface area (Å²) in [5.41, 5.74) is 6.54. The van der Waals surface area contributed by atoms with E-state index < -0.39 is 11.5 Å². The van der Waals surface area contributed by atoms with Crippen LogP contribution in [0.15, 0.2) is 79.0 Å². The molecule has 0 unspecified atom stereocenters. The molecule has 10 nitrogen and oxygen atoms in total. The van der Waals surface area contributed by atoms with Gasteiger partial charge in [0.15, 0.2) is 11.6 Å². The number of esters is 1. The van der Waals surface area contributed by atoms with Crippen molar-refractivity contribution >= 4 is 40.6 Å². The number of rotatable bonds is 7. The van der Waals surface area contributed by atoms with E-state index in [2.05, 4.69) is 35.6 Å². The van der Waals surface area contributed by atoms with Crippen LogP contribution in [0, 0.1) is 6.57 Å². The van der Waals surface area contributed by atoms with Crippen LogP contribution < -0.4 is 10.6 Å². The van der Waals surface area contributed by atoms with Gasteiger partial charge in [-0.25, -0.2) is 11.4 Å². The largest absolute Gasteiger partial charge is 0.465 e. The molecule has 0 saturated heterocycles. The minimum Gasteiger partial charge on any atom is -0.465 e. The number of amides is 1. The number of anilines is 3. The fourth-order valence-corrected chi connectivity index (χ4v) is 4.85. The average molecular weight is 570 g/mol. The SMILES string of the molecule is [C-]#[N+]C(C)(C)c1cccc(-c2nnc(-c3cccc(Nc4ccc5c(c4)NC(=O)C5=Cc4cc(C(=O)OC)c[nH]4)c3)[nH]2)c1. The first-order valence-corrected chi connectivity index (χ1v) is 13.5. The molecule has 0 fully saturated rings. The molecule has 3 aromatic carbocycles. The molecule has 1 aliphatic rings. The van der Waals surface area contributed by atoms with Crippen LogP contribution in [-0.4, -0.2) is 39.2 Å². The molecule has 0 bridgehead atoms. The summed E-state index contributed by atoms with van der Waals surface area (Å²) in [6.45, 7) is 11.3. The van der Waals surface area contributed by atoms with Gasteiger partial charge in [-0.15, -0.1) is 10.2 Å². The van der Waals surface area contributed by atoms with Crippen molar-refractivity contribution in [3.8, 4) is 22.8 Å². The number of hydrogen-bond donors (Lipinski definition) is 4. The summed E-state index contributed by atoms with van der Waals surface area (Å²) in [5, 5.41) is 15.0. The maximum Gasteiger partial charge on any atom is 0.339 e. The summed E-state index contributed by atoms with van der Waals surface area (Å²) in [6, 6.07) is 22.8. The molecular formula is C33H27N7O3. The molecule has 0 saturated carbocycles. The molecule has 0 atom stereocenters. The average Bonchev–Trinajstić information content (AvgIpc) is 3.77. The van der Waals surface area contributed by atoms with E-state index in [-0.39, 0.29) is 5.91 Å². The minimum atomic E-state index is -0.630. The van der Waals surface area contributed by atoms with Gasteiger partial charge < -0.3 is 30.2 Å². The molecular weight excluding hydrogens is 542 g/mol. The Kier molecular flexibility index (Phi) is 6.84. The molecule has 6 rings (SSSR count). The molecule has 0 spiro atoms. The van der Waals surface area contributed by atoms with Crippen molar-refractivity contribution in [3.05, 3.63) is 113 Å². The van der Waals surface area contributed by atoms with Gasteiger partial charge in [-0.2, -0.15) is 0 Å². The first-order chi connectivity index (χ1) is 20.7. The molecule has 212 valence electrons. The highest BCUT2D eigenvalue weighted by Crippen LogP contribution is 2.36. The lowest BCUT2D eigenvalue weighted by Crippen LogP contribution is -2.10. The molecule has 3 heterocycles. The quantitative estimate of drug-likeness (QED) is 0.0988. The first kappa shape index (κ1) is 27.2. The van der Waals surface area contributed by atoms with Gasteiger partial charge in [0.2, 0.25) is 0 Å². The Hall–Kier alpha value is -5.95. The maximum atomic E-state index is 12.8. The number of carbonyl (C=O) groups is 2. The molecule has 43 heavy (non-hydrogen) atoms. The van der Waals surface area contributed by atoms with Crippen molar-refractivity contribution in [3.63, 3.8) is 0 Å². The number of aromatic nitrogens is 4. The van der Waals surface area contributed by atoms with Gasteiger partial charge in [0, 0.05) is 59.4 Å². The van der Waals surface area contributed by atoms with Crippen LogP contribution in [-0.2, 0) is 15.1 Å². The van der Waals surface area contributed by atoms with Gasteiger partial charge in [0.05, 0.1) is 23.9 Å². The predicted octanol–water partition coefficient (Wildman–Crippen LogP) is 6.64. The van der Waals surface area contributed by atoms with Crippen molar-refractivity contribution in [2.75, 3.05) is 17.7 Å². The zero-order valence-corrected chi connectivity index (χ0v) is 23.6. The van der Waals surface area contributed by atoms with E-state index in [4.69, 9.17) is 11.3 Å². The monoisotopic (exact) mass is 569 g/mol. The van der Waals surface area contributed by atoms with Gasteiger partial charge in [-0.3, -0.25) is 4.79 Å². The van der Waals surface area contributed by atoms with E-state index in [1.54, 1.807) is 18.3 Å². The zero-order chi connectivity index (χ0) is 30.1. The maximum absolute atomic E-state index is 12.8. The Morgan fingerprint density at radius 1 is 0.977 bits per heavy atom. The van der Waals surface area contributed by atoms with Crippen molar-refractivity contribution in [1.29, 1.82) is 0 Å². The van der Waals surface area contributed by atoms with Crippen LogP contribution in [0.4, 0.5) is 17.1 Å².